The van der Waals surface area contributed by atoms with Gasteiger partial charge in [0.1, 0.15) is 6.26 Å². The van der Waals surface area contributed by atoms with Gasteiger partial charge in [0.05, 0.1) is 12.6 Å². The summed E-state index contributed by atoms with van der Waals surface area (Å²) in [6, 6.07) is 26.6. The summed E-state index contributed by atoms with van der Waals surface area (Å²) in [5.41, 5.74) is 6.34. The maximum absolute atomic E-state index is 12.7. The molecule has 5 heteroatoms. The molecule has 0 saturated carbocycles. The second-order valence-electron chi connectivity index (χ2n) is 8.79. The van der Waals surface area contributed by atoms with Crippen LogP contribution in [-0.4, -0.2) is 15.8 Å². The molecule has 1 N–H and O–H groups in total. The van der Waals surface area contributed by atoms with Crippen molar-refractivity contribution in [3.63, 3.8) is 0 Å². The van der Waals surface area contributed by atoms with E-state index < -0.39 is 0 Å². The molecular weight excluding hydrogens is 422 g/mol. The Morgan fingerprint density at radius 3 is 2.35 bits per heavy atom. The fourth-order valence-electron chi connectivity index (χ4n) is 4.05. The summed E-state index contributed by atoms with van der Waals surface area (Å²) in [6.07, 6.45) is 1.44. The van der Waals surface area contributed by atoms with Gasteiger partial charge in [-0.1, -0.05) is 84.4 Å². The Kier molecular flexibility index (Phi) is 7.55. The van der Waals surface area contributed by atoms with Crippen LogP contribution in [0.2, 0.25) is 0 Å². The first kappa shape index (κ1) is 23.5. The number of carbonyl (C=O) groups is 1. The number of aromatic nitrogens is 1. The first-order valence-corrected chi connectivity index (χ1v) is 11.6. The monoisotopic (exact) mass is 453 g/mol. The van der Waals surface area contributed by atoms with Gasteiger partial charge in [-0.25, -0.2) is 4.98 Å². The molecule has 1 heterocycles. The highest BCUT2D eigenvalue weighted by Crippen LogP contribution is 2.18. The van der Waals surface area contributed by atoms with Crippen molar-refractivity contribution in [1.82, 2.24) is 15.2 Å². The predicted octanol–water partition coefficient (Wildman–Crippen LogP) is 5.98. The zero-order chi connectivity index (χ0) is 23.9. The van der Waals surface area contributed by atoms with Gasteiger partial charge in [0, 0.05) is 13.1 Å². The highest BCUT2D eigenvalue weighted by atomic mass is 16.3. The van der Waals surface area contributed by atoms with E-state index in [0.29, 0.717) is 18.1 Å². The Morgan fingerprint density at radius 2 is 1.65 bits per heavy atom. The van der Waals surface area contributed by atoms with Crippen molar-refractivity contribution in [2.75, 3.05) is 0 Å². The van der Waals surface area contributed by atoms with Crippen LogP contribution in [0.1, 0.15) is 57.2 Å². The van der Waals surface area contributed by atoms with E-state index in [-0.39, 0.29) is 11.9 Å². The van der Waals surface area contributed by atoms with Crippen LogP contribution in [0.5, 0.6) is 0 Å². The second-order valence-corrected chi connectivity index (χ2v) is 8.79. The van der Waals surface area contributed by atoms with Gasteiger partial charge in [-0.15, -0.1) is 0 Å². The van der Waals surface area contributed by atoms with E-state index in [0.717, 1.165) is 18.7 Å². The largest absolute Gasteiger partial charge is 0.447 e. The third kappa shape index (κ3) is 6.21. The normalized spacial score (nSPS) is 12.0. The van der Waals surface area contributed by atoms with Crippen LogP contribution in [0.3, 0.4) is 0 Å². The number of hydrogen-bond acceptors (Lipinski definition) is 4. The number of rotatable bonds is 9. The van der Waals surface area contributed by atoms with E-state index in [4.69, 9.17) is 4.42 Å². The summed E-state index contributed by atoms with van der Waals surface area (Å²) in [7, 11) is 0. The molecule has 4 rings (SSSR count). The zero-order valence-electron chi connectivity index (χ0n) is 20.0. The number of oxazole rings is 1. The van der Waals surface area contributed by atoms with Crippen LogP contribution in [0.15, 0.2) is 89.5 Å². The van der Waals surface area contributed by atoms with Crippen LogP contribution in [0, 0.1) is 13.8 Å². The number of amides is 1. The van der Waals surface area contributed by atoms with Crippen molar-refractivity contribution in [2.45, 2.75) is 46.4 Å². The molecular formula is C29H31N3O2. The molecule has 0 fully saturated rings. The minimum atomic E-state index is -0.240. The Bertz CT molecular complexity index is 1220. The molecule has 5 nitrogen and oxygen atoms in total. The summed E-state index contributed by atoms with van der Waals surface area (Å²) < 4.78 is 5.71. The molecule has 0 spiro atoms. The molecule has 0 saturated heterocycles. The molecule has 1 atom stereocenters. The Balaban J connectivity index is 1.47. The van der Waals surface area contributed by atoms with Gasteiger partial charge >= 0.3 is 0 Å². The standard InChI is InChI=1S/C29H31N3O2/c1-21-14-15-26(22(2)16-21)18-32(17-24-10-6-4-7-11-24)19-28-31-27(20-34-28)29(33)30-23(3)25-12-8-5-9-13-25/h4-16,20,23H,17-19H2,1-3H3,(H,30,33)/t23-/m0/s1. The summed E-state index contributed by atoms with van der Waals surface area (Å²) >= 11 is 0. The highest BCUT2D eigenvalue weighted by molar-refractivity contribution is 5.92. The third-order valence-corrected chi connectivity index (χ3v) is 5.93. The summed E-state index contributed by atoms with van der Waals surface area (Å²) in [4.78, 5) is 19.5. The topological polar surface area (TPSA) is 58.4 Å². The molecule has 0 aliphatic rings. The van der Waals surface area contributed by atoms with E-state index in [1.807, 2.05) is 55.5 Å². The lowest BCUT2D eigenvalue weighted by Crippen LogP contribution is -2.27. The maximum atomic E-state index is 12.7. The van der Waals surface area contributed by atoms with Gasteiger partial charge in [-0.05, 0) is 43.0 Å². The van der Waals surface area contributed by atoms with Gasteiger partial charge in [0.15, 0.2) is 5.69 Å². The van der Waals surface area contributed by atoms with Crippen molar-refractivity contribution < 1.29 is 9.21 Å². The van der Waals surface area contributed by atoms with Crippen molar-refractivity contribution in [1.29, 1.82) is 0 Å². The first-order chi connectivity index (χ1) is 16.5. The van der Waals surface area contributed by atoms with Crippen LogP contribution < -0.4 is 5.32 Å². The summed E-state index contributed by atoms with van der Waals surface area (Å²) in [6.45, 7) is 8.23. The molecule has 0 aliphatic carbocycles. The van der Waals surface area contributed by atoms with Crippen molar-refractivity contribution in [3.8, 4) is 0 Å². The van der Waals surface area contributed by atoms with Crippen LogP contribution in [-0.2, 0) is 19.6 Å². The average molecular weight is 454 g/mol. The minimum absolute atomic E-state index is 0.118. The van der Waals surface area contributed by atoms with Gasteiger partial charge in [0.2, 0.25) is 5.89 Å². The average Bonchev–Trinajstić information content (AvgIpc) is 3.31. The van der Waals surface area contributed by atoms with Crippen molar-refractivity contribution in [2.24, 2.45) is 0 Å². The first-order valence-electron chi connectivity index (χ1n) is 11.6. The lowest BCUT2D eigenvalue weighted by molar-refractivity contribution is 0.0934. The fourth-order valence-corrected chi connectivity index (χ4v) is 4.05. The Hall–Kier alpha value is -3.70. The van der Waals surface area contributed by atoms with Gasteiger partial charge in [-0.2, -0.15) is 0 Å². The quantitative estimate of drug-likeness (QED) is 0.338. The van der Waals surface area contributed by atoms with Crippen molar-refractivity contribution in [3.05, 3.63) is 125 Å². The third-order valence-electron chi connectivity index (χ3n) is 5.93. The lowest BCUT2D eigenvalue weighted by atomic mass is 10.0. The molecule has 1 amide bonds. The molecule has 0 aliphatic heterocycles. The molecule has 174 valence electrons. The number of nitrogens with one attached hydrogen (secondary N) is 1. The maximum Gasteiger partial charge on any atom is 0.273 e. The SMILES string of the molecule is Cc1ccc(CN(Cc2ccccc2)Cc2nc(C(=O)N[C@@H](C)c3ccccc3)co2)c(C)c1. The predicted molar refractivity (Wildman–Crippen MR) is 134 cm³/mol. The van der Waals surface area contributed by atoms with E-state index in [9.17, 15) is 4.79 Å². The van der Waals surface area contributed by atoms with Gasteiger partial charge < -0.3 is 9.73 Å². The van der Waals surface area contributed by atoms with E-state index >= 15 is 0 Å². The molecule has 0 radical (unpaired) electrons. The smallest absolute Gasteiger partial charge is 0.273 e. The minimum Gasteiger partial charge on any atom is -0.447 e. The van der Waals surface area contributed by atoms with E-state index in [1.165, 1.54) is 28.5 Å². The highest BCUT2D eigenvalue weighted by Gasteiger charge is 2.18. The summed E-state index contributed by atoms with van der Waals surface area (Å²) in [5, 5.41) is 3.00. The molecule has 3 aromatic carbocycles. The van der Waals surface area contributed by atoms with Crippen LogP contribution >= 0.6 is 0 Å². The lowest BCUT2D eigenvalue weighted by Gasteiger charge is -2.22. The molecule has 0 bridgehead atoms. The molecule has 34 heavy (non-hydrogen) atoms. The van der Waals surface area contributed by atoms with Gasteiger partial charge in [0.25, 0.3) is 5.91 Å². The Labute approximate surface area is 201 Å². The summed E-state index contributed by atoms with van der Waals surface area (Å²) in [5.74, 6) is 0.286. The molecule has 0 unspecified atom stereocenters. The van der Waals surface area contributed by atoms with Crippen LogP contribution in [0.4, 0.5) is 0 Å². The number of carbonyl (C=O) groups excluding carboxylic acids is 1. The number of benzene rings is 3. The number of hydrogen-bond donors (Lipinski definition) is 1. The van der Waals surface area contributed by atoms with Crippen LogP contribution in [0.25, 0.3) is 0 Å². The van der Waals surface area contributed by atoms with Gasteiger partial charge in [-0.3, -0.25) is 9.69 Å². The zero-order valence-corrected chi connectivity index (χ0v) is 20.0. The Morgan fingerprint density at radius 1 is 0.941 bits per heavy atom. The van der Waals surface area contributed by atoms with E-state index in [1.54, 1.807) is 0 Å². The fraction of sp³-hybridized carbons (Fsp3) is 0.241. The molecule has 1 aromatic heterocycles. The second kappa shape index (κ2) is 10.9. The van der Waals surface area contributed by atoms with E-state index in [2.05, 4.69) is 59.4 Å². The number of nitrogens with zero attached hydrogens (tertiary/aromatic N) is 2. The number of aryl methyl sites for hydroxylation is 2. The molecule has 4 aromatic rings. The van der Waals surface area contributed by atoms with Crippen molar-refractivity contribution >= 4 is 5.91 Å².